The number of piperidine rings is 1. The molecule has 0 spiro atoms. The van der Waals surface area contributed by atoms with Gasteiger partial charge in [0.15, 0.2) is 0 Å². The average molecular weight is 393 g/mol. The number of amides is 1. The van der Waals surface area contributed by atoms with E-state index in [9.17, 15) is 4.79 Å². The molecular weight excluding hydrogens is 368 g/mol. The Morgan fingerprint density at radius 1 is 1.31 bits per heavy atom. The van der Waals surface area contributed by atoms with Crippen LogP contribution in [-0.4, -0.2) is 40.1 Å². The van der Waals surface area contributed by atoms with Crippen molar-refractivity contribution in [3.63, 3.8) is 0 Å². The lowest BCUT2D eigenvalue weighted by molar-refractivity contribution is 0.0946. The molecular formula is C19H25ClN4OS. The standard InChI is InChI=1S/C19H24N4OS.ClH/c24-18(17-8-12-23(22-17)15-5-4-11-20-13-15)21-14-19(9-10-19)25-16-6-2-1-3-7-16;/h1-3,6-8,12,15,20H,4-5,9-11,13-14H2,(H,21,24);1H. The Hall–Kier alpha value is -1.50. The highest BCUT2D eigenvalue weighted by atomic mass is 35.5. The Bertz CT molecular complexity index is 726. The van der Waals surface area contributed by atoms with Crippen LogP contribution in [0.25, 0.3) is 0 Å². The lowest BCUT2D eigenvalue weighted by Crippen LogP contribution is -2.33. The minimum Gasteiger partial charge on any atom is -0.349 e. The Kier molecular flexibility index (Phi) is 6.27. The summed E-state index contributed by atoms with van der Waals surface area (Å²) in [5, 5.41) is 11.0. The first-order valence-corrected chi connectivity index (χ1v) is 9.84. The SMILES string of the molecule is Cl.O=C(NCC1(Sc2ccccc2)CC1)c1ccn(C2CCCNC2)n1. The Morgan fingerprint density at radius 2 is 2.12 bits per heavy atom. The van der Waals surface area contributed by atoms with Crippen molar-refractivity contribution < 1.29 is 4.79 Å². The van der Waals surface area contributed by atoms with Crippen LogP contribution in [0.4, 0.5) is 0 Å². The van der Waals surface area contributed by atoms with Gasteiger partial charge in [0.05, 0.1) is 6.04 Å². The van der Waals surface area contributed by atoms with Crippen molar-refractivity contribution in [3.8, 4) is 0 Å². The summed E-state index contributed by atoms with van der Waals surface area (Å²) in [5.74, 6) is -0.0672. The molecule has 2 fully saturated rings. The predicted octanol–water partition coefficient (Wildman–Crippen LogP) is 3.28. The first-order valence-electron chi connectivity index (χ1n) is 9.02. The zero-order valence-electron chi connectivity index (χ0n) is 14.7. The fourth-order valence-corrected chi connectivity index (χ4v) is 4.49. The van der Waals surface area contributed by atoms with Gasteiger partial charge in [-0.1, -0.05) is 18.2 Å². The molecule has 4 rings (SSSR count). The molecule has 1 amide bonds. The number of benzene rings is 1. The van der Waals surface area contributed by atoms with Crippen molar-refractivity contribution in [2.24, 2.45) is 0 Å². The van der Waals surface area contributed by atoms with Crippen LogP contribution in [0.3, 0.4) is 0 Å². The summed E-state index contributed by atoms with van der Waals surface area (Å²) in [5.41, 5.74) is 0.520. The summed E-state index contributed by atoms with van der Waals surface area (Å²) >= 11 is 1.87. The number of rotatable bonds is 6. The van der Waals surface area contributed by atoms with E-state index in [1.807, 2.05) is 34.8 Å². The van der Waals surface area contributed by atoms with Crippen molar-refractivity contribution >= 4 is 30.1 Å². The summed E-state index contributed by atoms with van der Waals surface area (Å²) in [7, 11) is 0. The Morgan fingerprint density at radius 3 is 2.81 bits per heavy atom. The van der Waals surface area contributed by atoms with Gasteiger partial charge in [0.1, 0.15) is 5.69 Å². The molecule has 2 N–H and O–H groups in total. The van der Waals surface area contributed by atoms with Gasteiger partial charge in [-0.3, -0.25) is 9.48 Å². The Labute approximate surface area is 164 Å². The number of halogens is 1. The number of carbonyl (C=O) groups excluding carboxylic acids is 1. The van der Waals surface area contributed by atoms with Gasteiger partial charge in [0, 0.05) is 28.9 Å². The van der Waals surface area contributed by atoms with Crippen LogP contribution in [0.2, 0.25) is 0 Å². The molecule has 1 aliphatic heterocycles. The number of nitrogens with one attached hydrogen (secondary N) is 2. The van der Waals surface area contributed by atoms with Gasteiger partial charge in [-0.05, 0) is 50.4 Å². The van der Waals surface area contributed by atoms with Crippen LogP contribution in [0.1, 0.15) is 42.2 Å². The second-order valence-electron chi connectivity index (χ2n) is 6.96. The van der Waals surface area contributed by atoms with Gasteiger partial charge in [-0.25, -0.2) is 0 Å². The highest BCUT2D eigenvalue weighted by Crippen LogP contribution is 2.51. The molecule has 1 aromatic heterocycles. The van der Waals surface area contributed by atoms with E-state index in [-0.39, 0.29) is 23.1 Å². The summed E-state index contributed by atoms with van der Waals surface area (Å²) in [6, 6.07) is 12.6. The van der Waals surface area contributed by atoms with Crippen molar-refractivity contribution in [3.05, 3.63) is 48.3 Å². The summed E-state index contributed by atoms with van der Waals surface area (Å²) in [4.78, 5) is 13.7. The summed E-state index contributed by atoms with van der Waals surface area (Å²) < 4.78 is 2.10. The largest absolute Gasteiger partial charge is 0.349 e. The minimum atomic E-state index is -0.0672. The maximum Gasteiger partial charge on any atom is 0.271 e. The Balaban J connectivity index is 0.00000196. The van der Waals surface area contributed by atoms with Crippen molar-refractivity contribution in [2.75, 3.05) is 19.6 Å². The van der Waals surface area contributed by atoms with E-state index in [1.165, 1.54) is 4.90 Å². The fraction of sp³-hybridized carbons (Fsp3) is 0.474. The fourth-order valence-electron chi connectivity index (χ4n) is 3.25. The van der Waals surface area contributed by atoms with Crippen molar-refractivity contribution in [1.82, 2.24) is 20.4 Å². The number of nitrogens with zero attached hydrogens (tertiary/aromatic N) is 2. The number of hydrogen-bond acceptors (Lipinski definition) is 4. The maximum atomic E-state index is 12.5. The average Bonchev–Trinajstić information content (AvgIpc) is 3.24. The number of carbonyl (C=O) groups is 1. The second kappa shape index (κ2) is 8.46. The third-order valence-corrected chi connectivity index (χ3v) is 6.44. The molecule has 1 saturated heterocycles. The lowest BCUT2D eigenvalue weighted by Gasteiger charge is -2.22. The van der Waals surface area contributed by atoms with Gasteiger partial charge in [-0.15, -0.1) is 24.2 Å². The van der Waals surface area contributed by atoms with Crippen molar-refractivity contribution in [2.45, 2.75) is 41.4 Å². The minimum absolute atomic E-state index is 0. The van der Waals surface area contributed by atoms with Crippen LogP contribution < -0.4 is 10.6 Å². The highest BCUT2D eigenvalue weighted by Gasteiger charge is 2.44. The number of aromatic nitrogens is 2. The van der Waals surface area contributed by atoms with Crippen molar-refractivity contribution in [1.29, 1.82) is 0 Å². The first-order chi connectivity index (χ1) is 12.2. The van der Waals surface area contributed by atoms with Crippen LogP contribution in [0.15, 0.2) is 47.5 Å². The van der Waals surface area contributed by atoms with E-state index in [2.05, 4.69) is 40.0 Å². The van der Waals surface area contributed by atoms with Gasteiger partial charge in [0.2, 0.25) is 0 Å². The molecule has 1 atom stereocenters. The molecule has 7 heteroatoms. The third-order valence-electron chi connectivity index (χ3n) is 4.94. The maximum absolute atomic E-state index is 12.5. The topological polar surface area (TPSA) is 59.0 Å². The molecule has 140 valence electrons. The van der Waals surface area contributed by atoms with Crippen LogP contribution >= 0.6 is 24.2 Å². The summed E-state index contributed by atoms with van der Waals surface area (Å²) in [6.07, 6.45) is 6.50. The van der Waals surface area contributed by atoms with E-state index >= 15 is 0 Å². The zero-order valence-corrected chi connectivity index (χ0v) is 16.3. The summed E-state index contributed by atoms with van der Waals surface area (Å²) in [6.45, 7) is 2.70. The predicted molar refractivity (Wildman–Crippen MR) is 107 cm³/mol. The van der Waals surface area contributed by atoms with E-state index in [0.717, 1.165) is 38.8 Å². The smallest absolute Gasteiger partial charge is 0.271 e. The molecule has 2 aliphatic rings. The van der Waals surface area contributed by atoms with E-state index in [0.29, 0.717) is 18.3 Å². The molecule has 1 unspecified atom stereocenters. The van der Waals surface area contributed by atoms with E-state index in [4.69, 9.17) is 0 Å². The zero-order chi connectivity index (χ0) is 17.1. The molecule has 26 heavy (non-hydrogen) atoms. The lowest BCUT2D eigenvalue weighted by atomic mass is 10.1. The van der Waals surface area contributed by atoms with Gasteiger partial charge in [0.25, 0.3) is 5.91 Å². The molecule has 1 aromatic carbocycles. The molecule has 0 bridgehead atoms. The van der Waals surface area contributed by atoms with E-state index in [1.54, 1.807) is 0 Å². The van der Waals surface area contributed by atoms with Gasteiger partial charge < -0.3 is 10.6 Å². The highest BCUT2D eigenvalue weighted by molar-refractivity contribution is 8.01. The third kappa shape index (κ3) is 4.61. The molecule has 2 aromatic rings. The van der Waals surface area contributed by atoms with Gasteiger partial charge in [-0.2, -0.15) is 5.10 Å². The molecule has 0 radical (unpaired) electrons. The molecule has 1 aliphatic carbocycles. The monoisotopic (exact) mass is 392 g/mol. The van der Waals surface area contributed by atoms with Crippen LogP contribution in [-0.2, 0) is 0 Å². The normalized spacial score (nSPS) is 20.8. The first kappa shape index (κ1) is 19.3. The van der Waals surface area contributed by atoms with Crippen LogP contribution in [0, 0.1) is 0 Å². The second-order valence-corrected chi connectivity index (χ2v) is 8.50. The van der Waals surface area contributed by atoms with Crippen LogP contribution in [0.5, 0.6) is 0 Å². The van der Waals surface area contributed by atoms with Gasteiger partial charge >= 0.3 is 0 Å². The quantitative estimate of drug-likeness (QED) is 0.792. The number of thioether (sulfide) groups is 1. The molecule has 1 saturated carbocycles. The van der Waals surface area contributed by atoms with E-state index < -0.39 is 0 Å². The molecule has 5 nitrogen and oxygen atoms in total. The molecule has 2 heterocycles. The number of hydrogen-bond donors (Lipinski definition) is 2.